The van der Waals surface area contributed by atoms with Gasteiger partial charge in [0.1, 0.15) is 11.4 Å². The van der Waals surface area contributed by atoms with E-state index in [1.54, 1.807) is 0 Å². The first-order chi connectivity index (χ1) is 5.98. The molecule has 2 saturated carbocycles. The lowest BCUT2D eigenvalue weighted by Gasteiger charge is -2.19. The molecule has 0 amide bonds. The standard InChI is InChI=1S/C10H13O3/c1-9(2)8-6(11)4-5-7(12)10(8,9)13-3/h4,8H,5H2,1-3H3. The summed E-state index contributed by atoms with van der Waals surface area (Å²) in [4.78, 5) is 23.1. The molecule has 0 spiro atoms. The SMILES string of the molecule is COC12C(=O)C[CH]C(=O)C1C2(C)C. The van der Waals surface area contributed by atoms with Gasteiger partial charge in [-0.1, -0.05) is 13.8 Å². The molecule has 0 saturated heterocycles. The first-order valence-corrected chi connectivity index (χ1v) is 4.44. The van der Waals surface area contributed by atoms with Gasteiger partial charge in [0, 0.05) is 25.4 Å². The maximum Gasteiger partial charge on any atom is 0.166 e. The number of carbonyl (C=O) groups is 2. The van der Waals surface area contributed by atoms with E-state index in [-0.39, 0.29) is 29.3 Å². The molecule has 2 aliphatic rings. The second kappa shape index (κ2) is 2.21. The van der Waals surface area contributed by atoms with Crippen molar-refractivity contribution < 1.29 is 14.3 Å². The van der Waals surface area contributed by atoms with Crippen molar-refractivity contribution in [1.29, 1.82) is 0 Å². The highest BCUT2D eigenvalue weighted by Crippen LogP contribution is 2.66. The Morgan fingerprint density at radius 2 is 2.08 bits per heavy atom. The van der Waals surface area contributed by atoms with Crippen LogP contribution in [0.1, 0.15) is 20.3 Å². The fourth-order valence-electron chi connectivity index (χ4n) is 2.76. The van der Waals surface area contributed by atoms with Crippen molar-refractivity contribution in [3.8, 4) is 0 Å². The van der Waals surface area contributed by atoms with Crippen LogP contribution in [0.3, 0.4) is 0 Å². The summed E-state index contributed by atoms with van der Waals surface area (Å²) in [6.07, 6.45) is 1.71. The zero-order valence-corrected chi connectivity index (χ0v) is 8.09. The zero-order valence-electron chi connectivity index (χ0n) is 8.09. The molecule has 1 radical (unpaired) electrons. The number of carbonyl (C=O) groups excluding carboxylic acids is 2. The molecule has 2 aliphatic carbocycles. The van der Waals surface area contributed by atoms with Gasteiger partial charge < -0.3 is 4.74 Å². The van der Waals surface area contributed by atoms with Crippen LogP contribution in [-0.4, -0.2) is 24.3 Å². The third kappa shape index (κ3) is 0.742. The Bertz CT molecular complexity index is 293. The molecule has 3 heteroatoms. The lowest BCUT2D eigenvalue weighted by Crippen LogP contribution is -2.36. The molecule has 0 aliphatic heterocycles. The molecular weight excluding hydrogens is 168 g/mol. The molecule has 2 rings (SSSR count). The molecule has 0 aromatic carbocycles. The third-order valence-corrected chi connectivity index (χ3v) is 3.51. The van der Waals surface area contributed by atoms with Crippen LogP contribution >= 0.6 is 0 Å². The van der Waals surface area contributed by atoms with E-state index in [0.29, 0.717) is 0 Å². The van der Waals surface area contributed by atoms with Gasteiger partial charge in [0.2, 0.25) is 0 Å². The van der Waals surface area contributed by atoms with E-state index < -0.39 is 5.60 Å². The van der Waals surface area contributed by atoms with Crippen LogP contribution in [0.25, 0.3) is 0 Å². The van der Waals surface area contributed by atoms with E-state index in [1.807, 2.05) is 13.8 Å². The Morgan fingerprint density at radius 1 is 1.46 bits per heavy atom. The van der Waals surface area contributed by atoms with Crippen molar-refractivity contribution in [2.75, 3.05) is 7.11 Å². The molecule has 0 aromatic heterocycles. The Hall–Kier alpha value is -0.700. The highest BCUT2D eigenvalue weighted by molar-refractivity contribution is 6.11. The van der Waals surface area contributed by atoms with Crippen LogP contribution in [0.2, 0.25) is 0 Å². The molecule has 0 bridgehead atoms. The van der Waals surface area contributed by atoms with Crippen molar-refractivity contribution in [3.63, 3.8) is 0 Å². The quantitative estimate of drug-likeness (QED) is 0.600. The number of ketones is 2. The number of Topliss-reactive ketones (excluding diaryl/α,β-unsaturated/α-hetero) is 2. The third-order valence-electron chi connectivity index (χ3n) is 3.51. The predicted octanol–water partition coefficient (Wildman–Crippen LogP) is 0.774. The van der Waals surface area contributed by atoms with Crippen LogP contribution in [-0.2, 0) is 14.3 Å². The van der Waals surface area contributed by atoms with E-state index in [1.165, 1.54) is 13.5 Å². The van der Waals surface area contributed by atoms with Crippen molar-refractivity contribution in [3.05, 3.63) is 6.42 Å². The molecule has 2 fully saturated rings. The molecule has 0 heterocycles. The first-order valence-electron chi connectivity index (χ1n) is 4.44. The fourth-order valence-corrected chi connectivity index (χ4v) is 2.76. The number of rotatable bonds is 1. The summed E-state index contributed by atoms with van der Waals surface area (Å²) in [5.41, 5.74) is -1.12. The monoisotopic (exact) mass is 181 g/mol. The number of hydrogen-bond acceptors (Lipinski definition) is 3. The smallest absolute Gasteiger partial charge is 0.166 e. The van der Waals surface area contributed by atoms with Crippen molar-refractivity contribution >= 4 is 11.6 Å². The normalized spacial score (nSPS) is 41.6. The molecular formula is C10H13O3. The summed E-state index contributed by atoms with van der Waals surface area (Å²) in [5.74, 6) is -0.137. The minimum absolute atomic E-state index is 0.0459. The first kappa shape index (κ1) is 8.88. The second-order valence-corrected chi connectivity index (χ2v) is 4.33. The van der Waals surface area contributed by atoms with Crippen LogP contribution in [0.4, 0.5) is 0 Å². The summed E-state index contributed by atoms with van der Waals surface area (Å²) >= 11 is 0. The van der Waals surface area contributed by atoms with Crippen LogP contribution in [0.5, 0.6) is 0 Å². The van der Waals surface area contributed by atoms with Crippen molar-refractivity contribution in [2.45, 2.75) is 25.9 Å². The predicted molar refractivity (Wildman–Crippen MR) is 45.9 cm³/mol. The highest BCUT2D eigenvalue weighted by Gasteiger charge is 2.79. The molecule has 2 atom stereocenters. The summed E-state index contributed by atoms with van der Waals surface area (Å²) in [6.45, 7) is 3.83. The van der Waals surface area contributed by atoms with Gasteiger partial charge in [-0.25, -0.2) is 0 Å². The average molecular weight is 181 g/mol. The fraction of sp³-hybridized carbons (Fsp3) is 0.700. The molecule has 0 aromatic rings. The van der Waals surface area contributed by atoms with E-state index in [4.69, 9.17) is 4.74 Å². The largest absolute Gasteiger partial charge is 0.369 e. The summed E-state index contributed by atoms with van der Waals surface area (Å²) in [5, 5.41) is 0. The highest BCUT2D eigenvalue weighted by atomic mass is 16.5. The molecule has 2 unspecified atom stereocenters. The number of fused-ring (bicyclic) bond motifs is 1. The van der Waals surface area contributed by atoms with Gasteiger partial charge in [0.05, 0.1) is 5.92 Å². The minimum Gasteiger partial charge on any atom is -0.369 e. The van der Waals surface area contributed by atoms with E-state index in [2.05, 4.69) is 0 Å². The number of ether oxygens (including phenoxy) is 1. The van der Waals surface area contributed by atoms with Gasteiger partial charge in [-0.05, 0) is 0 Å². The minimum atomic E-state index is -0.807. The van der Waals surface area contributed by atoms with Crippen LogP contribution < -0.4 is 0 Å². The van der Waals surface area contributed by atoms with Gasteiger partial charge in [-0.15, -0.1) is 0 Å². The van der Waals surface area contributed by atoms with Gasteiger partial charge >= 0.3 is 0 Å². The lowest BCUT2D eigenvalue weighted by atomic mass is 9.95. The van der Waals surface area contributed by atoms with Crippen molar-refractivity contribution in [2.24, 2.45) is 11.3 Å². The van der Waals surface area contributed by atoms with Gasteiger partial charge in [-0.3, -0.25) is 9.59 Å². The Balaban J connectivity index is 2.42. The van der Waals surface area contributed by atoms with Crippen LogP contribution in [0, 0.1) is 17.8 Å². The maximum absolute atomic E-state index is 11.6. The Labute approximate surface area is 77.4 Å². The summed E-state index contributed by atoms with van der Waals surface area (Å²) in [7, 11) is 1.51. The van der Waals surface area contributed by atoms with Gasteiger partial charge in [0.15, 0.2) is 5.78 Å². The Kier molecular flexibility index (Phi) is 1.51. The summed E-state index contributed by atoms with van der Waals surface area (Å²) < 4.78 is 5.26. The van der Waals surface area contributed by atoms with E-state index in [0.717, 1.165) is 0 Å². The molecule has 13 heavy (non-hydrogen) atoms. The van der Waals surface area contributed by atoms with Gasteiger partial charge in [-0.2, -0.15) is 0 Å². The maximum atomic E-state index is 11.6. The molecule has 71 valence electrons. The molecule has 0 N–H and O–H groups in total. The van der Waals surface area contributed by atoms with Crippen molar-refractivity contribution in [1.82, 2.24) is 0 Å². The van der Waals surface area contributed by atoms with Crippen LogP contribution in [0.15, 0.2) is 0 Å². The topological polar surface area (TPSA) is 43.4 Å². The lowest BCUT2D eigenvalue weighted by molar-refractivity contribution is -0.138. The zero-order chi connectivity index (χ0) is 9.85. The number of methoxy groups -OCH3 is 1. The average Bonchev–Trinajstić information content (AvgIpc) is 2.59. The summed E-state index contributed by atoms with van der Waals surface area (Å²) in [6, 6.07) is 0. The second-order valence-electron chi connectivity index (χ2n) is 4.33. The Morgan fingerprint density at radius 3 is 2.54 bits per heavy atom. The number of hydrogen-bond donors (Lipinski definition) is 0. The van der Waals surface area contributed by atoms with Gasteiger partial charge in [0.25, 0.3) is 0 Å². The molecule has 3 nitrogen and oxygen atoms in total. The van der Waals surface area contributed by atoms with E-state index >= 15 is 0 Å². The van der Waals surface area contributed by atoms with E-state index in [9.17, 15) is 9.59 Å².